The average molecular weight is 286 g/mol. The lowest BCUT2D eigenvalue weighted by atomic mass is 10.2. The highest BCUT2D eigenvalue weighted by atomic mass is 35.5. The molecule has 7 heteroatoms. The molecule has 0 saturated heterocycles. The molecule has 2 amide bonds. The molecule has 0 saturated carbocycles. The molecule has 0 bridgehead atoms. The molecule has 0 aliphatic heterocycles. The van der Waals surface area contributed by atoms with Gasteiger partial charge in [-0.1, -0.05) is 17.7 Å². The molecule has 0 aliphatic carbocycles. The number of benzene rings is 1. The molecule has 0 aliphatic rings. The maximum Gasteiger partial charge on any atom is 0.239 e. The predicted octanol–water partition coefficient (Wildman–Crippen LogP) is 0.0397. The number of carbonyl (C=O) groups excluding carboxylic acids is 2. The number of halogens is 1. The van der Waals surface area contributed by atoms with E-state index in [1.807, 2.05) is 0 Å². The lowest BCUT2D eigenvalue weighted by Gasteiger charge is -2.08. The van der Waals surface area contributed by atoms with E-state index < -0.39 is 0 Å². The van der Waals surface area contributed by atoms with Crippen LogP contribution in [0.5, 0.6) is 5.75 Å². The first kappa shape index (κ1) is 15.3. The molecule has 4 N–H and O–H groups in total. The lowest BCUT2D eigenvalue weighted by molar-refractivity contribution is -0.125. The number of nitrogens with one attached hydrogen (secondary N) is 2. The van der Waals surface area contributed by atoms with Gasteiger partial charge in [-0.05, 0) is 17.7 Å². The quantitative estimate of drug-likeness (QED) is 0.688. The summed E-state index contributed by atoms with van der Waals surface area (Å²) in [6.45, 7) is 0.0856. The third-order valence-corrected chi connectivity index (χ3v) is 2.63. The number of methoxy groups -OCH3 is 1. The van der Waals surface area contributed by atoms with Gasteiger partial charge in [-0.3, -0.25) is 9.59 Å². The molecule has 0 atom stereocenters. The van der Waals surface area contributed by atoms with Crippen LogP contribution >= 0.6 is 11.6 Å². The second-order valence-corrected chi connectivity index (χ2v) is 4.13. The number of hydrogen-bond donors (Lipinski definition) is 3. The van der Waals surface area contributed by atoms with Gasteiger partial charge in [-0.25, -0.2) is 0 Å². The van der Waals surface area contributed by atoms with Gasteiger partial charge in [0.25, 0.3) is 0 Å². The minimum Gasteiger partial charge on any atom is -0.495 e. The summed E-state index contributed by atoms with van der Waals surface area (Å²) in [6.07, 6.45) is 0. The molecular weight excluding hydrogens is 270 g/mol. The van der Waals surface area contributed by atoms with E-state index in [-0.39, 0.29) is 24.9 Å². The largest absolute Gasteiger partial charge is 0.495 e. The highest BCUT2D eigenvalue weighted by Gasteiger charge is 2.05. The Bertz CT molecular complexity index is 466. The maximum atomic E-state index is 11.4. The Morgan fingerprint density at radius 1 is 1.32 bits per heavy atom. The topological polar surface area (TPSA) is 93.5 Å². The van der Waals surface area contributed by atoms with Gasteiger partial charge in [-0.15, -0.1) is 0 Å². The summed E-state index contributed by atoms with van der Waals surface area (Å²) in [4.78, 5) is 22.3. The van der Waals surface area contributed by atoms with Crippen LogP contribution < -0.4 is 21.1 Å². The van der Waals surface area contributed by atoms with E-state index in [1.54, 1.807) is 18.2 Å². The molecule has 0 unspecified atom stereocenters. The summed E-state index contributed by atoms with van der Waals surface area (Å²) in [5, 5.41) is 5.50. The van der Waals surface area contributed by atoms with Gasteiger partial charge in [-0.2, -0.15) is 0 Å². The van der Waals surface area contributed by atoms with E-state index in [0.717, 1.165) is 5.56 Å². The zero-order valence-corrected chi connectivity index (χ0v) is 11.3. The van der Waals surface area contributed by atoms with Crippen LogP contribution in [0.2, 0.25) is 5.02 Å². The van der Waals surface area contributed by atoms with Crippen LogP contribution in [0.3, 0.4) is 0 Å². The highest BCUT2D eigenvalue weighted by molar-refractivity contribution is 6.32. The van der Waals surface area contributed by atoms with Crippen molar-refractivity contribution in [3.05, 3.63) is 28.8 Å². The Hall–Kier alpha value is -1.79. The van der Waals surface area contributed by atoms with Crippen molar-refractivity contribution in [2.75, 3.05) is 20.2 Å². The fourth-order valence-corrected chi connectivity index (χ4v) is 1.61. The molecular formula is C12H16ClN3O3. The molecule has 19 heavy (non-hydrogen) atoms. The molecule has 0 aromatic heterocycles. The van der Waals surface area contributed by atoms with Gasteiger partial charge in [0.15, 0.2) is 0 Å². The third kappa shape index (κ3) is 5.15. The molecule has 0 heterocycles. The van der Waals surface area contributed by atoms with Crippen LogP contribution in [-0.2, 0) is 16.1 Å². The van der Waals surface area contributed by atoms with E-state index in [2.05, 4.69) is 10.6 Å². The van der Waals surface area contributed by atoms with Crippen molar-refractivity contribution in [1.82, 2.24) is 10.6 Å². The number of rotatable bonds is 6. The van der Waals surface area contributed by atoms with Crippen molar-refractivity contribution < 1.29 is 14.3 Å². The molecule has 0 radical (unpaired) electrons. The summed E-state index contributed by atoms with van der Waals surface area (Å²) in [6, 6.07) is 5.22. The van der Waals surface area contributed by atoms with Crippen molar-refractivity contribution in [3.63, 3.8) is 0 Å². The van der Waals surface area contributed by atoms with Gasteiger partial charge in [0.2, 0.25) is 11.8 Å². The van der Waals surface area contributed by atoms with E-state index in [0.29, 0.717) is 17.3 Å². The Labute approximate surface area is 116 Å². The minimum absolute atomic E-state index is 0.0973. The van der Waals surface area contributed by atoms with Crippen LogP contribution in [-0.4, -0.2) is 32.0 Å². The number of carbonyl (C=O) groups is 2. The molecule has 0 fully saturated rings. The summed E-state index contributed by atoms with van der Waals surface area (Å²) in [5.74, 6) is -0.0941. The zero-order chi connectivity index (χ0) is 14.3. The molecule has 0 spiro atoms. The lowest BCUT2D eigenvalue weighted by Crippen LogP contribution is -2.39. The summed E-state index contributed by atoms with van der Waals surface area (Å²) < 4.78 is 5.02. The van der Waals surface area contributed by atoms with Gasteiger partial charge in [0.1, 0.15) is 5.75 Å². The van der Waals surface area contributed by atoms with Gasteiger partial charge < -0.3 is 21.1 Å². The summed E-state index contributed by atoms with van der Waals surface area (Å²) in [5.41, 5.74) is 5.93. The average Bonchev–Trinajstić information content (AvgIpc) is 2.42. The van der Waals surface area contributed by atoms with Crippen LogP contribution in [0.4, 0.5) is 0 Å². The first-order chi connectivity index (χ1) is 9.06. The standard InChI is InChI=1S/C12H16ClN3O3/c1-19-10-3-2-8(4-9(10)13)6-15-12(18)7-16-11(17)5-14/h2-4H,5-7,14H2,1H3,(H,15,18)(H,16,17). The van der Waals surface area contributed by atoms with E-state index in [1.165, 1.54) is 7.11 Å². The summed E-state index contributed by atoms with van der Waals surface area (Å²) in [7, 11) is 1.53. The molecule has 6 nitrogen and oxygen atoms in total. The monoisotopic (exact) mass is 285 g/mol. The van der Waals surface area contributed by atoms with Crippen molar-refractivity contribution in [2.24, 2.45) is 5.73 Å². The SMILES string of the molecule is COc1ccc(CNC(=O)CNC(=O)CN)cc1Cl. The van der Waals surface area contributed by atoms with Gasteiger partial charge in [0.05, 0.1) is 25.2 Å². The maximum absolute atomic E-state index is 11.4. The van der Waals surface area contributed by atoms with Crippen molar-refractivity contribution in [1.29, 1.82) is 0 Å². The molecule has 1 aromatic carbocycles. The zero-order valence-electron chi connectivity index (χ0n) is 10.5. The number of hydrogen-bond acceptors (Lipinski definition) is 4. The Balaban J connectivity index is 2.42. The van der Waals surface area contributed by atoms with Crippen molar-refractivity contribution >= 4 is 23.4 Å². The van der Waals surface area contributed by atoms with E-state index in [4.69, 9.17) is 22.1 Å². The number of ether oxygens (including phenoxy) is 1. The fourth-order valence-electron chi connectivity index (χ4n) is 1.33. The second-order valence-electron chi connectivity index (χ2n) is 3.73. The number of nitrogens with two attached hydrogens (primary N) is 1. The Morgan fingerprint density at radius 3 is 2.63 bits per heavy atom. The van der Waals surface area contributed by atoms with Crippen LogP contribution in [0.25, 0.3) is 0 Å². The Kier molecular flexibility index (Phi) is 6.11. The summed E-state index contributed by atoms with van der Waals surface area (Å²) >= 11 is 5.96. The van der Waals surface area contributed by atoms with Crippen LogP contribution in [0.15, 0.2) is 18.2 Å². The van der Waals surface area contributed by atoms with E-state index >= 15 is 0 Å². The second kappa shape index (κ2) is 7.60. The van der Waals surface area contributed by atoms with Crippen molar-refractivity contribution in [3.8, 4) is 5.75 Å². The third-order valence-electron chi connectivity index (χ3n) is 2.34. The van der Waals surface area contributed by atoms with Crippen LogP contribution in [0, 0.1) is 0 Å². The first-order valence-electron chi connectivity index (χ1n) is 5.62. The molecule has 1 aromatic rings. The van der Waals surface area contributed by atoms with E-state index in [9.17, 15) is 9.59 Å². The van der Waals surface area contributed by atoms with Gasteiger partial charge in [0, 0.05) is 6.54 Å². The minimum atomic E-state index is -0.373. The predicted molar refractivity (Wildman–Crippen MR) is 71.9 cm³/mol. The smallest absolute Gasteiger partial charge is 0.239 e. The van der Waals surface area contributed by atoms with Gasteiger partial charge >= 0.3 is 0 Å². The number of amides is 2. The normalized spacial score (nSPS) is 9.84. The molecule has 104 valence electrons. The fraction of sp³-hybridized carbons (Fsp3) is 0.333. The Morgan fingerprint density at radius 2 is 2.05 bits per heavy atom. The highest BCUT2D eigenvalue weighted by Crippen LogP contribution is 2.24. The van der Waals surface area contributed by atoms with Crippen molar-refractivity contribution in [2.45, 2.75) is 6.54 Å². The van der Waals surface area contributed by atoms with Crippen LogP contribution in [0.1, 0.15) is 5.56 Å². The first-order valence-corrected chi connectivity index (χ1v) is 6.00. The molecule has 1 rings (SSSR count).